The number of halogens is 1. The zero-order chi connectivity index (χ0) is 12.3. The van der Waals surface area contributed by atoms with Crippen molar-refractivity contribution in [2.45, 2.75) is 17.5 Å². The third-order valence-corrected chi connectivity index (χ3v) is 4.38. The van der Waals surface area contributed by atoms with Crippen molar-refractivity contribution in [3.05, 3.63) is 46.2 Å². The molecule has 0 radical (unpaired) electrons. The maximum absolute atomic E-state index is 9.08. The summed E-state index contributed by atoms with van der Waals surface area (Å²) in [6, 6.07) is 8.15. The van der Waals surface area contributed by atoms with Gasteiger partial charge in [0, 0.05) is 17.3 Å². The highest BCUT2D eigenvalue weighted by Crippen LogP contribution is 2.26. The van der Waals surface area contributed by atoms with Crippen LogP contribution in [0.5, 0.6) is 0 Å². The summed E-state index contributed by atoms with van der Waals surface area (Å²) in [5.41, 5.74) is 2.07. The Morgan fingerprint density at radius 1 is 1.41 bits per heavy atom. The molecule has 0 fully saturated rings. The van der Waals surface area contributed by atoms with Crippen LogP contribution in [0, 0.1) is 0 Å². The molecule has 1 N–H and O–H groups in total. The number of thioether (sulfide) groups is 1. The molecule has 0 aliphatic rings. The fourth-order valence-corrected chi connectivity index (χ4v) is 3.05. The van der Waals surface area contributed by atoms with Crippen LogP contribution in [0.2, 0.25) is 0 Å². The zero-order valence-electron chi connectivity index (χ0n) is 9.43. The van der Waals surface area contributed by atoms with Crippen molar-refractivity contribution in [2.75, 3.05) is 0 Å². The van der Waals surface area contributed by atoms with Gasteiger partial charge in [0.25, 0.3) is 0 Å². The van der Waals surface area contributed by atoms with Crippen LogP contribution >= 0.6 is 27.7 Å². The Labute approximate surface area is 113 Å². The number of aliphatic hydroxyl groups excluding tert-OH is 1. The largest absolute Gasteiger partial charge is 0.390 e. The van der Waals surface area contributed by atoms with Gasteiger partial charge in [0.2, 0.25) is 0 Å². The summed E-state index contributed by atoms with van der Waals surface area (Å²) >= 11 is 5.19. The fraction of sp³-hybridized carbons (Fsp3) is 0.250. The monoisotopic (exact) mass is 312 g/mol. The predicted molar refractivity (Wildman–Crippen MR) is 72.8 cm³/mol. The Kier molecular flexibility index (Phi) is 4.25. The van der Waals surface area contributed by atoms with Crippen molar-refractivity contribution in [1.82, 2.24) is 9.55 Å². The molecule has 1 aromatic heterocycles. The van der Waals surface area contributed by atoms with E-state index in [1.54, 1.807) is 18.0 Å². The van der Waals surface area contributed by atoms with Crippen molar-refractivity contribution in [3.8, 4) is 0 Å². The van der Waals surface area contributed by atoms with Gasteiger partial charge in [-0.05, 0) is 11.6 Å². The summed E-state index contributed by atoms with van der Waals surface area (Å²) < 4.78 is 3.03. The highest BCUT2D eigenvalue weighted by molar-refractivity contribution is 9.10. The van der Waals surface area contributed by atoms with Crippen molar-refractivity contribution in [2.24, 2.45) is 7.05 Å². The minimum Gasteiger partial charge on any atom is -0.390 e. The van der Waals surface area contributed by atoms with Gasteiger partial charge in [-0.1, -0.05) is 45.9 Å². The molecule has 1 heterocycles. The van der Waals surface area contributed by atoms with Crippen LogP contribution in [0.3, 0.4) is 0 Å². The van der Waals surface area contributed by atoms with Gasteiger partial charge in [0.1, 0.15) is 0 Å². The normalized spacial score (nSPS) is 10.8. The molecule has 17 heavy (non-hydrogen) atoms. The number of hydrogen-bond acceptors (Lipinski definition) is 3. The Bertz CT molecular complexity index is 513. The van der Waals surface area contributed by atoms with Crippen LogP contribution < -0.4 is 0 Å². The van der Waals surface area contributed by atoms with E-state index in [9.17, 15) is 0 Å². The lowest BCUT2D eigenvalue weighted by molar-refractivity contribution is 0.271. The molecule has 0 amide bonds. The van der Waals surface area contributed by atoms with E-state index >= 15 is 0 Å². The van der Waals surface area contributed by atoms with E-state index in [4.69, 9.17) is 5.11 Å². The Morgan fingerprint density at radius 3 is 2.82 bits per heavy atom. The Balaban J connectivity index is 2.07. The molecular formula is C12H13BrN2OS. The summed E-state index contributed by atoms with van der Waals surface area (Å²) in [5, 5.41) is 10.0. The molecule has 90 valence electrons. The van der Waals surface area contributed by atoms with Crippen LogP contribution in [0.25, 0.3) is 0 Å². The summed E-state index contributed by atoms with van der Waals surface area (Å²) in [4.78, 5) is 4.28. The fourth-order valence-electron chi connectivity index (χ4n) is 1.46. The molecule has 0 atom stereocenters. The van der Waals surface area contributed by atoms with Crippen molar-refractivity contribution < 1.29 is 5.11 Å². The average molecular weight is 313 g/mol. The molecule has 0 spiro atoms. The zero-order valence-corrected chi connectivity index (χ0v) is 11.8. The third-order valence-electron chi connectivity index (χ3n) is 2.52. The smallest absolute Gasteiger partial charge is 0.168 e. The van der Waals surface area contributed by atoms with E-state index in [-0.39, 0.29) is 6.61 Å². The van der Waals surface area contributed by atoms with Crippen LogP contribution in [0.1, 0.15) is 11.3 Å². The molecule has 0 unspecified atom stereocenters. The second-order valence-corrected chi connectivity index (χ2v) is 5.43. The van der Waals surface area contributed by atoms with Gasteiger partial charge in [-0.15, -0.1) is 0 Å². The standard InChI is InChI=1S/C12H13BrN2OS/c1-15-10(7-16)6-14-12(15)17-8-9-4-2-3-5-11(9)13/h2-6,16H,7-8H2,1H3. The minimum absolute atomic E-state index is 0.0269. The molecule has 0 saturated heterocycles. The van der Waals surface area contributed by atoms with Crippen LogP contribution in [0.15, 0.2) is 40.1 Å². The molecule has 1 aromatic carbocycles. The lowest BCUT2D eigenvalue weighted by Crippen LogP contribution is -1.97. The molecular weight excluding hydrogens is 300 g/mol. The van der Waals surface area contributed by atoms with E-state index in [0.29, 0.717) is 0 Å². The first kappa shape index (κ1) is 12.7. The number of imidazole rings is 1. The second kappa shape index (κ2) is 5.71. The summed E-state index contributed by atoms with van der Waals surface area (Å²) in [6.45, 7) is 0.0269. The minimum atomic E-state index is 0.0269. The lowest BCUT2D eigenvalue weighted by Gasteiger charge is -2.05. The molecule has 0 aliphatic carbocycles. The first-order chi connectivity index (χ1) is 8.22. The summed E-state index contributed by atoms with van der Waals surface area (Å²) in [6.07, 6.45) is 1.71. The highest BCUT2D eigenvalue weighted by atomic mass is 79.9. The first-order valence-electron chi connectivity index (χ1n) is 5.20. The van der Waals surface area contributed by atoms with Gasteiger partial charge < -0.3 is 9.67 Å². The first-order valence-corrected chi connectivity index (χ1v) is 6.98. The van der Waals surface area contributed by atoms with Gasteiger partial charge in [-0.3, -0.25) is 0 Å². The summed E-state index contributed by atoms with van der Waals surface area (Å²) in [7, 11) is 1.92. The molecule has 2 aromatic rings. The molecule has 2 rings (SSSR count). The van der Waals surface area contributed by atoms with E-state index in [1.165, 1.54) is 5.56 Å². The van der Waals surface area contributed by atoms with Gasteiger partial charge in [-0.2, -0.15) is 0 Å². The quantitative estimate of drug-likeness (QED) is 0.882. The molecule has 5 heteroatoms. The van der Waals surface area contributed by atoms with Crippen LogP contribution in [0.4, 0.5) is 0 Å². The van der Waals surface area contributed by atoms with Crippen molar-refractivity contribution in [3.63, 3.8) is 0 Å². The SMILES string of the molecule is Cn1c(CO)cnc1SCc1ccccc1Br. The van der Waals surface area contributed by atoms with E-state index in [0.717, 1.165) is 21.1 Å². The number of hydrogen-bond donors (Lipinski definition) is 1. The van der Waals surface area contributed by atoms with Crippen molar-refractivity contribution in [1.29, 1.82) is 0 Å². The van der Waals surface area contributed by atoms with Gasteiger partial charge >= 0.3 is 0 Å². The maximum atomic E-state index is 9.08. The molecule has 0 saturated carbocycles. The average Bonchev–Trinajstić information content (AvgIpc) is 2.69. The molecule has 3 nitrogen and oxygen atoms in total. The lowest BCUT2D eigenvalue weighted by atomic mass is 10.2. The topological polar surface area (TPSA) is 38.0 Å². The number of aromatic nitrogens is 2. The highest BCUT2D eigenvalue weighted by Gasteiger charge is 2.07. The maximum Gasteiger partial charge on any atom is 0.168 e. The van der Waals surface area contributed by atoms with Crippen LogP contribution in [-0.2, 0) is 19.4 Å². The number of aliphatic hydroxyl groups is 1. The molecule has 0 bridgehead atoms. The third kappa shape index (κ3) is 2.91. The van der Waals surface area contributed by atoms with E-state index in [2.05, 4.69) is 27.0 Å². The van der Waals surface area contributed by atoms with E-state index < -0.39 is 0 Å². The van der Waals surface area contributed by atoms with Gasteiger partial charge in [0.05, 0.1) is 18.5 Å². The molecule has 0 aliphatic heterocycles. The van der Waals surface area contributed by atoms with Gasteiger partial charge in [0.15, 0.2) is 5.16 Å². The predicted octanol–water partition coefficient (Wildman–Crippen LogP) is 2.97. The van der Waals surface area contributed by atoms with Crippen LogP contribution in [-0.4, -0.2) is 14.7 Å². The van der Waals surface area contributed by atoms with E-state index in [1.807, 2.05) is 29.8 Å². The number of rotatable bonds is 4. The Morgan fingerprint density at radius 2 is 2.18 bits per heavy atom. The van der Waals surface area contributed by atoms with Gasteiger partial charge in [-0.25, -0.2) is 4.98 Å². The number of nitrogens with zero attached hydrogens (tertiary/aromatic N) is 2. The van der Waals surface area contributed by atoms with Crippen molar-refractivity contribution >= 4 is 27.7 Å². The number of benzene rings is 1. The Hall–Kier alpha value is -0.780. The summed E-state index contributed by atoms with van der Waals surface area (Å²) in [5.74, 6) is 0.858. The second-order valence-electron chi connectivity index (χ2n) is 3.63.